The van der Waals surface area contributed by atoms with E-state index in [0.29, 0.717) is 37.0 Å². The van der Waals surface area contributed by atoms with Crippen LogP contribution in [0.1, 0.15) is 33.6 Å². The van der Waals surface area contributed by atoms with Crippen molar-refractivity contribution in [3.63, 3.8) is 0 Å². The molecule has 2 fully saturated rings. The molecule has 3 rings (SSSR count). The SMILES string of the molecule is CC(C)(C)[C@@H](NC(=O)Nc1ccc(Cl)cc1)C(=O)N1CCC(N2CCOCC2=O)CC1. The highest BCUT2D eigenvalue weighted by molar-refractivity contribution is 6.30. The maximum Gasteiger partial charge on any atom is 0.319 e. The molecule has 0 radical (unpaired) electrons. The summed E-state index contributed by atoms with van der Waals surface area (Å²) >= 11 is 5.88. The third-order valence-electron chi connectivity index (χ3n) is 5.73. The van der Waals surface area contributed by atoms with Crippen molar-refractivity contribution in [3.8, 4) is 0 Å². The van der Waals surface area contributed by atoms with Crippen molar-refractivity contribution in [1.29, 1.82) is 0 Å². The number of amides is 4. The molecule has 2 saturated heterocycles. The summed E-state index contributed by atoms with van der Waals surface area (Å²) in [5.74, 6) is -0.0883. The van der Waals surface area contributed by atoms with Crippen LogP contribution in [0.25, 0.3) is 0 Å². The monoisotopic (exact) mass is 450 g/mol. The third kappa shape index (κ3) is 6.11. The fourth-order valence-corrected chi connectivity index (χ4v) is 4.10. The van der Waals surface area contributed by atoms with E-state index in [0.717, 1.165) is 12.8 Å². The molecule has 2 aliphatic heterocycles. The highest BCUT2D eigenvalue weighted by atomic mass is 35.5. The topological polar surface area (TPSA) is 91.0 Å². The number of piperidine rings is 1. The van der Waals surface area contributed by atoms with E-state index in [1.165, 1.54) is 0 Å². The van der Waals surface area contributed by atoms with E-state index < -0.39 is 17.5 Å². The Labute approximate surface area is 188 Å². The Morgan fingerprint density at radius 2 is 1.77 bits per heavy atom. The molecule has 4 amide bonds. The van der Waals surface area contributed by atoms with Gasteiger partial charge in [-0.15, -0.1) is 0 Å². The van der Waals surface area contributed by atoms with Gasteiger partial charge in [0.25, 0.3) is 0 Å². The molecule has 31 heavy (non-hydrogen) atoms. The zero-order valence-corrected chi connectivity index (χ0v) is 19.1. The zero-order valence-electron chi connectivity index (χ0n) is 18.3. The van der Waals surface area contributed by atoms with E-state index in [1.54, 1.807) is 29.2 Å². The van der Waals surface area contributed by atoms with Crippen LogP contribution in [-0.4, -0.2) is 72.6 Å². The molecule has 0 aromatic heterocycles. The van der Waals surface area contributed by atoms with Gasteiger partial charge in [0.15, 0.2) is 0 Å². The van der Waals surface area contributed by atoms with Crippen LogP contribution in [0.4, 0.5) is 10.5 Å². The molecule has 1 aromatic rings. The molecule has 2 N–H and O–H groups in total. The molecular formula is C22H31ClN4O4. The second kappa shape index (κ2) is 9.87. The van der Waals surface area contributed by atoms with Crippen LogP contribution >= 0.6 is 11.6 Å². The first-order chi connectivity index (χ1) is 14.6. The fourth-order valence-electron chi connectivity index (χ4n) is 3.98. The number of ether oxygens (including phenoxy) is 1. The molecule has 0 aliphatic carbocycles. The number of halogens is 1. The summed E-state index contributed by atoms with van der Waals surface area (Å²) in [5.41, 5.74) is 0.129. The second-order valence-electron chi connectivity index (χ2n) is 9.10. The molecule has 0 spiro atoms. The van der Waals surface area contributed by atoms with Gasteiger partial charge in [-0.05, 0) is 42.5 Å². The van der Waals surface area contributed by atoms with Crippen molar-refractivity contribution in [2.24, 2.45) is 5.41 Å². The lowest BCUT2D eigenvalue weighted by molar-refractivity contribution is -0.148. The first-order valence-corrected chi connectivity index (χ1v) is 11.0. The maximum atomic E-state index is 13.3. The Morgan fingerprint density at radius 3 is 2.35 bits per heavy atom. The lowest BCUT2D eigenvalue weighted by Gasteiger charge is -2.42. The second-order valence-corrected chi connectivity index (χ2v) is 9.54. The third-order valence-corrected chi connectivity index (χ3v) is 5.98. The highest BCUT2D eigenvalue weighted by Gasteiger charge is 2.38. The van der Waals surface area contributed by atoms with Crippen molar-refractivity contribution in [2.45, 2.75) is 45.7 Å². The first-order valence-electron chi connectivity index (χ1n) is 10.6. The number of nitrogens with zero attached hydrogens (tertiary/aromatic N) is 2. The van der Waals surface area contributed by atoms with Crippen LogP contribution in [0.15, 0.2) is 24.3 Å². The summed E-state index contributed by atoms with van der Waals surface area (Å²) in [4.78, 5) is 41.6. The molecule has 0 bridgehead atoms. The molecule has 170 valence electrons. The summed E-state index contributed by atoms with van der Waals surface area (Å²) in [6, 6.07) is 5.79. The average molecular weight is 451 g/mol. The Kier molecular flexibility index (Phi) is 7.43. The number of nitrogens with one attached hydrogen (secondary N) is 2. The molecule has 1 aromatic carbocycles. The van der Waals surface area contributed by atoms with Gasteiger partial charge in [-0.2, -0.15) is 0 Å². The lowest BCUT2D eigenvalue weighted by Crippen LogP contribution is -2.58. The number of benzene rings is 1. The van der Waals surface area contributed by atoms with E-state index in [9.17, 15) is 14.4 Å². The largest absolute Gasteiger partial charge is 0.370 e. The normalized spacial score (nSPS) is 19.2. The first kappa shape index (κ1) is 23.3. The van der Waals surface area contributed by atoms with Gasteiger partial charge in [0.1, 0.15) is 12.6 Å². The van der Waals surface area contributed by atoms with Gasteiger partial charge in [0.05, 0.1) is 6.61 Å². The van der Waals surface area contributed by atoms with Crippen LogP contribution < -0.4 is 10.6 Å². The summed E-state index contributed by atoms with van der Waals surface area (Å²) in [6.45, 7) is 8.20. The molecule has 9 heteroatoms. The molecule has 2 aliphatic rings. The van der Waals surface area contributed by atoms with E-state index in [2.05, 4.69) is 10.6 Å². The Bertz CT molecular complexity index is 801. The minimum absolute atomic E-state index is 0.0177. The number of carbonyl (C=O) groups is 3. The van der Waals surface area contributed by atoms with Crippen molar-refractivity contribution in [3.05, 3.63) is 29.3 Å². The summed E-state index contributed by atoms with van der Waals surface area (Å²) in [7, 11) is 0. The lowest BCUT2D eigenvalue weighted by atomic mass is 9.85. The Balaban J connectivity index is 1.59. The molecule has 8 nitrogen and oxygen atoms in total. The van der Waals surface area contributed by atoms with Gasteiger partial charge in [0.2, 0.25) is 11.8 Å². The van der Waals surface area contributed by atoms with E-state index in [4.69, 9.17) is 16.3 Å². The minimum Gasteiger partial charge on any atom is -0.370 e. The predicted molar refractivity (Wildman–Crippen MR) is 119 cm³/mol. The van der Waals surface area contributed by atoms with Crippen LogP contribution in [0.3, 0.4) is 0 Å². The van der Waals surface area contributed by atoms with Crippen molar-refractivity contribution >= 4 is 35.1 Å². The van der Waals surface area contributed by atoms with E-state index >= 15 is 0 Å². The number of anilines is 1. The van der Waals surface area contributed by atoms with Crippen LogP contribution in [-0.2, 0) is 14.3 Å². The minimum atomic E-state index is -0.679. The van der Waals surface area contributed by atoms with Gasteiger partial charge in [-0.3, -0.25) is 9.59 Å². The average Bonchev–Trinajstić information content (AvgIpc) is 2.73. The van der Waals surface area contributed by atoms with Crippen LogP contribution in [0.5, 0.6) is 0 Å². The zero-order chi connectivity index (χ0) is 22.6. The number of hydrogen-bond donors (Lipinski definition) is 2. The number of urea groups is 1. The molecule has 0 unspecified atom stereocenters. The van der Waals surface area contributed by atoms with Crippen molar-refractivity contribution in [1.82, 2.24) is 15.1 Å². The molecule has 0 saturated carbocycles. The fraction of sp³-hybridized carbons (Fsp3) is 0.591. The highest BCUT2D eigenvalue weighted by Crippen LogP contribution is 2.25. The van der Waals surface area contributed by atoms with Crippen LogP contribution in [0, 0.1) is 5.41 Å². The van der Waals surface area contributed by atoms with Gasteiger partial charge in [-0.25, -0.2) is 4.79 Å². The van der Waals surface area contributed by atoms with Gasteiger partial charge in [-0.1, -0.05) is 32.4 Å². The number of likely N-dealkylation sites (tertiary alicyclic amines) is 1. The van der Waals surface area contributed by atoms with Crippen molar-refractivity contribution in [2.75, 3.05) is 38.2 Å². The molecule has 1 atom stereocenters. The maximum absolute atomic E-state index is 13.3. The Morgan fingerprint density at radius 1 is 1.13 bits per heavy atom. The number of morpholine rings is 1. The summed E-state index contributed by atoms with van der Waals surface area (Å²) < 4.78 is 5.21. The number of rotatable bonds is 4. The molecule has 2 heterocycles. The van der Waals surface area contributed by atoms with Crippen LogP contribution in [0.2, 0.25) is 5.02 Å². The number of carbonyl (C=O) groups excluding carboxylic acids is 3. The standard InChI is InChI=1S/C22H31ClN4O4/c1-22(2,3)19(25-21(30)24-16-6-4-15(23)5-7-16)20(29)26-10-8-17(9-11-26)27-12-13-31-14-18(27)28/h4-7,17,19H,8-14H2,1-3H3,(H2,24,25,30)/t19-/m0/s1. The van der Waals surface area contributed by atoms with E-state index in [1.807, 2.05) is 25.7 Å². The molecular weight excluding hydrogens is 420 g/mol. The predicted octanol–water partition coefficient (Wildman–Crippen LogP) is 2.73. The smallest absolute Gasteiger partial charge is 0.319 e. The van der Waals surface area contributed by atoms with Gasteiger partial charge >= 0.3 is 6.03 Å². The van der Waals surface area contributed by atoms with Gasteiger partial charge < -0.3 is 25.2 Å². The quantitative estimate of drug-likeness (QED) is 0.737. The summed E-state index contributed by atoms with van der Waals surface area (Å²) in [6.07, 6.45) is 1.45. The summed E-state index contributed by atoms with van der Waals surface area (Å²) in [5, 5.41) is 6.17. The number of hydrogen-bond acceptors (Lipinski definition) is 4. The van der Waals surface area contributed by atoms with E-state index in [-0.39, 0.29) is 24.5 Å². The van der Waals surface area contributed by atoms with Gasteiger partial charge in [0, 0.05) is 36.4 Å². The Hall–Kier alpha value is -2.32. The van der Waals surface area contributed by atoms with Crippen molar-refractivity contribution < 1.29 is 19.1 Å².